The first-order chi connectivity index (χ1) is 9.25. The Bertz CT molecular complexity index is 510. The molecule has 2 rings (SSSR count). The largest absolute Gasteiger partial charge is 0.478 e. The maximum absolute atomic E-state index is 11.3. The van der Waals surface area contributed by atoms with Gasteiger partial charge in [0, 0.05) is 6.92 Å². The number of hydrogen-bond donors (Lipinski definition) is 3. The number of nitrogens with one attached hydrogen (secondary N) is 1. The van der Waals surface area contributed by atoms with Crippen LogP contribution in [0.25, 0.3) is 0 Å². The van der Waals surface area contributed by atoms with Crippen molar-refractivity contribution in [2.24, 2.45) is 5.16 Å². The normalized spacial score (nSPS) is 33.5. The fourth-order valence-electron chi connectivity index (χ4n) is 2.42. The van der Waals surface area contributed by atoms with Gasteiger partial charge < -0.3 is 25.1 Å². The second-order valence-electron chi connectivity index (χ2n) is 5.13. The van der Waals surface area contributed by atoms with E-state index in [1.165, 1.54) is 13.0 Å². The van der Waals surface area contributed by atoms with Gasteiger partial charge in [-0.25, -0.2) is 4.79 Å². The van der Waals surface area contributed by atoms with Gasteiger partial charge in [0.2, 0.25) is 5.91 Å². The van der Waals surface area contributed by atoms with E-state index in [0.717, 1.165) is 0 Å². The fourth-order valence-corrected chi connectivity index (χ4v) is 2.42. The highest BCUT2D eigenvalue weighted by Crippen LogP contribution is 2.36. The molecule has 1 saturated heterocycles. The second kappa shape index (κ2) is 4.88. The highest BCUT2D eigenvalue weighted by atomic mass is 16.8. The van der Waals surface area contributed by atoms with Crippen molar-refractivity contribution in [3.8, 4) is 0 Å². The molecule has 0 aromatic rings. The van der Waals surface area contributed by atoms with Crippen LogP contribution in [0.2, 0.25) is 0 Å². The molecule has 1 aliphatic heterocycles. The highest BCUT2D eigenvalue weighted by Gasteiger charge is 2.52. The average Bonchev–Trinajstić information content (AvgIpc) is 2.63. The van der Waals surface area contributed by atoms with Gasteiger partial charge in [-0.05, 0) is 19.9 Å². The van der Waals surface area contributed by atoms with Gasteiger partial charge in [0.15, 0.2) is 5.79 Å². The van der Waals surface area contributed by atoms with Crippen molar-refractivity contribution in [2.45, 2.75) is 44.8 Å². The molecule has 0 saturated carbocycles. The van der Waals surface area contributed by atoms with Crippen LogP contribution in [0.3, 0.4) is 0 Å². The van der Waals surface area contributed by atoms with Gasteiger partial charge in [0.25, 0.3) is 0 Å². The summed E-state index contributed by atoms with van der Waals surface area (Å²) in [5, 5.41) is 23.9. The molecule has 0 bridgehead atoms. The van der Waals surface area contributed by atoms with Gasteiger partial charge in [-0.1, -0.05) is 5.16 Å². The van der Waals surface area contributed by atoms with Crippen molar-refractivity contribution < 1.29 is 29.4 Å². The number of carboxylic acids is 1. The van der Waals surface area contributed by atoms with E-state index >= 15 is 0 Å². The third-order valence-electron chi connectivity index (χ3n) is 3.11. The van der Waals surface area contributed by atoms with Crippen LogP contribution in [0, 0.1) is 0 Å². The highest BCUT2D eigenvalue weighted by molar-refractivity contribution is 6.08. The molecule has 1 amide bonds. The zero-order chi connectivity index (χ0) is 15.1. The zero-order valence-corrected chi connectivity index (χ0v) is 11.3. The van der Waals surface area contributed by atoms with E-state index in [-0.39, 0.29) is 17.2 Å². The average molecular weight is 284 g/mol. The lowest BCUT2D eigenvalue weighted by Gasteiger charge is -2.30. The summed E-state index contributed by atoms with van der Waals surface area (Å²) in [5.41, 5.74) is -0.0601. The Morgan fingerprint density at radius 2 is 2.05 bits per heavy atom. The van der Waals surface area contributed by atoms with Gasteiger partial charge >= 0.3 is 5.97 Å². The lowest BCUT2D eigenvalue weighted by molar-refractivity contribution is -0.147. The number of carboxylic acid groups (broad SMARTS) is 1. The number of carbonyl (C=O) groups excluding carboxylic acids is 1. The third kappa shape index (κ3) is 2.52. The van der Waals surface area contributed by atoms with E-state index < -0.39 is 30.0 Å². The molecule has 0 unspecified atom stereocenters. The first-order valence-corrected chi connectivity index (χ1v) is 6.05. The van der Waals surface area contributed by atoms with Crippen molar-refractivity contribution in [3.05, 3.63) is 11.6 Å². The zero-order valence-electron chi connectivity index (χ0n) is 11.3. The van der Waals surface area contributed by atoms with Crippen LogP contribution in [0.5, 0.6) is 0 Å². The number of nitrogens with zero attached hydrogens (tertiary/aromatic N) is 1. The summed E-state index contributed by atoms with van der Waals surface area (Å²) in [7, 11) is 0. The van der Waals surface area contributed by atoms with Crippen molar-refractivity contribution >= 4 is 17.6 Å². The summed E-state index contributed by atoms with van der Waals surface area (Å²) in [6.07, 6.45) is -0.421. The minimum atomic E-state index is -1.19. The molecule has 1 fully saturated rings. The molecule has 110 valence electrons. The molecule has 8 nitrogen and oxygen atoms in total. The number of ether oxygens (including phenoxy) is 2. The minimum absolute atomic E-state index is 0.0140. The quantitative estimate of drug-likeness (QED) is 0.480. The molecule has 0 spiro atoms. The molecule has 1 heterocycles. The van der Waals surface area contributed by atoms with E-state index in [1.54, 1.807) is 13.8 Å². The number of rotatable bonds is 2. The van der Waals surface area contributed by atoms with Crippen LogP contribution >= 0.6 is 0 Å². The minimum Gasteiger partial charge on any atom is -0.478 e. The molecule has 0 aromatic heterocycles. The fraction of sp³-hybridized carbons (Fsp3) is 0.583. The molecule has 3 N–H and O–H groups in total. The number of aliphatic carboxylic acids is 1. The van der Waals surface area contributed by atoms with Crippen molar-refractivity contribution in [2.75, 3.05) is 0 Å². The summed E-state index contributed by atoms with van der Waals surface area (Å²) in [5.74, 6) is -2.54. The summed E-state index contributed by atoms with van der Waals surface area (Å²) >= 11 is 0. The maximum atomic E-state index is 11.3. The van der Waals surface area contributed by atoms with Crippen LogP contribution in [0.4, 0.5) is 0 Å². The number of amides is 1. The Kier molecular flexibility index (Phi) is 3.53. The van der Waals surface area contributed by atoms with Crippen molar-refractivity contribution in [1.82, 2.24) is 5.32 Å². The van der Waals surface area contributed by atoms with Crippen LogP contribution in [0.15, 0.2) is 16.8 Å². The van der Waals surface area contributed by atoms with Crippen molar-refractivity contribution in [1.29, 1.82) is 0 Å². The Morgan fingerprint density at radius 1 is 1.40 bits per heavy atom. The molecule has 0 aromatic carbocycles. The smallest absolute Gasteiger partial charge is 0.334 e. The van der Waals surface area contributed by atoms with Crippen molar-refractivity contribution in [3.63, 3.8) is 0 Å². The van der Waals surface area contributed by atoms with E-state index in [2.05, 4.69) is 10.5 Å². The molecule has 3 atom stereocenters. The van der Waals surface area contributed by atoms with Crippen LogP contribution < -0.4 is 5.32 Å². The Balaban J connectivity index is 2.45. The number of hydrogen-bond acceptors (Lipinski definition) is 6. The molecule has 1 aliphatic carbocycles. The van der Waals surface area contributed by atoms with Crippen LogP contribution in [-0.4, -0.2) is 51.9 Å². The second-order valence-corrected chi connectivity index (χ2v) is 5.13. The monoisotopic (exact) mass is 284 g/mol. The lowest BCUT2D eigenvalue weighted by atomic mass is 9.88. The Hall–Kier alpha value is -1.93. The van der Waals surface area contributed by atoms with Gasteiger partial charge in [-0.2, -0.15) is 0 Å². The van der Waals surface area contributed by atoms with Gasteiger partial charge in [0.05, 0.1) is 5.57 Å². The SMILES string of the molecule is CC(=O)N[C@@H]1C(=NO)C=C(C(=O)O)[C@H]2OC(C)(C)O[C@@H]12. The Morgan fingerprint density at radius 3 is 2.55 bits per heavy atom. The lowest BCUT2D eigenvalue weighted by Crippen LogP contribution is -2.55. The van der Waals surface area contributed by atoms with E-state index in [0.29, 0.717) is 0 Å². The molecule has 20 heavy (non-hydrogen) atoms. The first kappa shape index (κ1) is 14.5. The summed E-state index contributed by atoms with van der Waals surface area (Å²) in [6.45, 7) is 4.60. The molecule has 0 radical (unpaired) electrons. The van der Waals surface area contributed by atoms with Crippen LogP contribution in [-0.2, 0) is 19.1 Å². The number of oxime groups is 1. The standard InChI is InChI=1S/C12H16N2O6/c1-5(15)13-8-7(14-18)4-6(11(16)17)9-10(8)20-12(2,3)19-9/h4,8-10,18H,1-3H3,(H,13,15)(H,16,17)/t8-,9-,10+/m1/s1. The molecular weight excluding hydrogens is 268 g/mol. The van der Waals surface area contributed by atoms with Gasteiger partial charge in [-0.15, -0.1) is 0 Å². The predicted octanol–water partition coefficient (Wildman–Crippen LogP) is -0.134. The number of fused-ring (bicyclic) bond motifs is 1. The first-order valence-electron chi connectivity index (χ1n) is 6.05. The number of carbonyl (C=O) groups is 2. The third-order valence-corrected chi connectivity index (χ3v) is 3.11. The summed E-state index contributed by atoms with van der Waals surface area (Å²) in [6, 6.07) is -0.771. The van der Waals surface area contributed by atoms with E-state index in [4.69, 9.17) is 14.7 Å². The van der Waals surface area contributed by atoms with Crippen LogP contribution in [0.1, 0.15) is 20.8 Å². The van der Waals surface area contributed by atoms with Gasteiger partial charge in [-0.3, -0.25) is 4.79 Å². The molecule has 2 aliphatic rings. The summed E-state index contributed by atoms with van der Waals surface area (Å²) < 4.78 is 11.2. The maximum Gasteiger partial charge on any atom is 0.334 e. The van der Waals surface area contributed by atoms with E-state index in [1.807, 2.05) is 0 Å². The molecule has 8 heteroatoms. The topological polar surface area (TPSA) is 117 Å². The molecular formula is C12H16N2O6. The summed E-state index contributed by atoms with van der Waals surface area (Å²) in [4.78, 5) is 22.5. The predicted molar refractivity (Wildman–Crippen MR) is 66.4 cm³/mol. The Labute approximate surface area is 115 Å². The van der Waals surface area contributed by atoms with Gasteiger partial charge in [0.1, 0.15) is 24.0 Å². The van der Waals surface area contributed by atoms with E-state index in [9.17, 15) is 14.7 Å².